The highest BCUT2D eigenvalue weighted by molar-refractivity contribution is 5.91. The van der Waals surface area contributed by atoms with Gasteiger partial charge in [-0.3, -0.25) is 4.79 Å². The number of carboxylic acid groups (broad SMARTS) is 1. The average molecular weight is 277 g/mol. The number of aromatic carboxylic acids is 1. The predicted molar refractivity (Wildman–Crippen MR) is 73.9 cm³/mol. The Morgan fingerprint density at radius 2 is 2.15 bits per heavy atom. The van der Waals surface area contributed by atoms with Crippen molar-refractivity contribution in [2.75, 3.05) is 19.7 Å². The van der Waals surface area contributed by atoms with Crippen molar-refractivity contribution in [1.29, 1.82) is 0 Å². The van der Waals surface area contributed by atoms with Crippen LogP contribution in [-0.4, -0.2) is 41.6 Å². The van der Waals surface area contributed by atoms with Gasteiger partial charge in [0.15, 0.2) is 6.61 Å². The molecule has 1 N–H and O–H groups in total. The Balaban J connectivity index is 1.95. The summed E-state index contributed by atoms with van der Waals surface area (Å²) in [5.41, 5.74) is 0.0762. The Morgan fingerprint density at radius 3 is 2.85 bits per heavy atom. The summed E-state index contributed by atoms with van der Waals surface area (Å²) in [5.74, 6) is -0.395. The van der Waals surface area contributed by atoms with Crippen molar-refractivity contribution >= 4 is 11.9 Å². The predicted octanol–water partition coefficient (Wildman–Crippen LogP) is 2.02. The molecule has 1 aliphatic rings. The SMILES string of the molecule is CC1CCCN(C(=O)COc2ccccc2C(=O)O)C1. The molecule has 1 heterocycles. The van der Waals surface area contributed by atoms with Crippen LogP contribution in [0.25, 0.3) is 0 Å². The highest BCUT2D eigenvalue weighted by atomic mass is 16.5. The maximum Gasteiger partial charge on any atom is 0.339 e. The number of hydrogen-bond donors (Lipinski definition) is 1. The quantitative estimate of drug-likeness (QED) is 0.914. The molecule has 1 amide bonds. The van der Waals surface area contributed by atoms with Gasteiger partial charge >= 0.3 is 5.97 Å². The molecule has 0 saturated carbocycles. The lowest BCUT2D eigenvalue weighted by Crippen LogP contribution is -2.41. The number of hydrogen-bond acceptors (Lipinski definition) is 3. The van der Waals surface area contributed by atoms with E-state index in [0.29, 0.717) is 5.92 Å². The van der Waals surface area contributed by atoms with Crippen molar-refractivity contribution < 1.29 is 19.4 Å². The molecule has 1 aliphatic heterocycles. The van der Waals surface area contributed by atoms with Gasteiger partial charge in [0.1, 0.15) is 11.3 Å². The van der Waals surface area contributed by atoms with Gasteiger partial charge in [-0.15, -0.1) is 0 Å². The summed E-state index contributed by atoms with van der Waals surface area (Å²) in [4.78, 5) is 24.9. The monoisotopic (exact) mass is 277 g/mol. The van der Waals surface area contributed by atoms with Crippen molar-refractivity contribution in [3.63, 3.8) is 0 Å². The molecule has 1 unspecified atom stereocenters. The molecule has 0 aromatic heterocycles. The van der Waals surface area contributed by atoms with Gasteiger partial charge in [-0.2, -0.15) is 0 Å². The molecule has 1 aromatic rings. The van der Waals surface area contributed by atoms with Crippen LogP contribution in [0.5, 0.6) is 5.75 Å². The van der Waals surface area contributed by atoms with E-state index in [1.807, 2.05) is 0 Å². The summed E-state index contributed by atoms with van der Waals surface area (Å²) >= 11 is 0. The smallest absolute Gasteiger partial charge is 0.339 e. The van der Waals surface area contributed by atoms with Crippen LogP contribution in [-0.2, 0) is 4.79 Å². The van der Waals surface area contributed by atoms with E-state index in [9.17, 15) is 9.59 Å². The summed E-state index contributed by atoms with van der Waals surface area (Å²) in [6.07, 6.45) is 2.16. The van der Waals surface area contributed by atoms with Crippen LogP contribution in [0.3, 0.4) is 0 Å². The van der Waals surface area contributed by atoms with Crippen LogP contribution >= 0.6 is 0 Å². The first-order valence-corrected chi connectivity index (χ1v) is 6.81. The molecule has 20 heavy (non-hydrogen) atoms. The molecule has 108 valence electrons. The second-order valence-corrected chi connectivity index (χ2v) is 5.18. The largest absolute Gasteiger partial charge is 0.483 e. The topological polar surface area (TPSA) is 66.8 Å². The maximum atomic E-state index is 12.1. The van der Waals surface area contributed by atoms with Gasteiger partial charge in [-0.25, -0.2) is 4.79 Å². The number of carbonyl (C=O) groups excluding carboxylic acids is 1. The standard InChI is InChI=1S/C15H19NO4/c1-11-5-4-8-16(9-11)14(17)10-20-13-7-3-2-6-12(13)15(18)19/h2-3,6-7,11H,4-5,8-10H2,1H3,(H,18,19). The van der Waals surface area contributed by atoms with E-state index in [1.54, 1.807) is 23.1 Å². The summed E-state index contributed by atoms with van der Waals surface area (Å²) in [7, 11) is 0. The third-order valence-corrected chi connectivity index (χ3v) is 3.48. The van der Waals surface area contributed by atoms with Crippen LogP contribution in [0.15, 0.2) is 24.3 Å². The van der Waals surface area contributed by atoms with E-state index in [1.165, 1.54) is 6.07 Å². The fourth-order valence-corrected chi connectivity index (χ4v) is 2.42. The van der Waals surface area contributed by atoms with Gasteiger partial charge in [0, 0.05) is 13.1 Å². The summed E-state index contributed by atoms with van der Waals surface area (Å²) in [5, 5.41) is 9.04. The van der Waals surface area contributed by atoms with E-state index in [2.05, 4.69) is 6.92 Å². The van der Waals surface area contributed by atoms with E-state index < -0.39 is 5.97 Å². The maximum absolute atomic E-state index is 12.1. The first kappa shape index (κ1) is 14.4. The molecule has 2 rings (SSSR count). The zero-order chi connectivity index (χ0) is 14.5. The third-order valence-electron chi connectivity index (χ3n) is 3.48. The Labute approximate surface area is 118 Å². The van der Waals surface area contributed by atoms with Crippen molar-refractivity contribution in [2.45, 2.75) is 19.8 Å². The van der Waals surface area contributed by atoms with Crippen molar-refractivity contribution in [1.82, 2.24) is 4.90 Å². The number of para-hydroxylation sites is 1. The van der Waals surface area contributed by atoms with Crippen LogP contribution in [0.2, 0.25) is 0 Å². The number of ether oxygens (including phenoxy) is 1. The van der Waals surface area contributed by atoms with Crippen molar-refractivity contribution in [3.05, 3.63) is 29.8 Å². The number of nitrogens with zero attached hydrogens (tertiary/aromatic N) is 1. The Kier molecular flexibility index (Phi) is 4.61. The molecule has 5 heteroatoms. The van der Waals surface area contributed by atoms with Crippen LogP contribution in [0.1, 0.15) is 30.1 Å². The van der Waals surface area contributed by atoms with Crippen molar-refractivity contribution in [2.24, 2.45) is 5.92 Å². The fourth-order valence-electron chi connectivity index (χ4n) is 2.42. The Hall–Kier alpha value is -2.04. The molecular weight excluding hydrogens is 258 g/mol. The molecule has 5 nitrogen and oxygen atoms in total. The second-order valence-electron chi connectivity index (χ2n) is 5.18. The van der Waals surface area contributed by atoms with E-state index in [-0.39, 0.29) is 23.8 Å². The minimum absolute atomic E-state index is 0.0762. The highest BCUT2D eigenvalue weighted by Crippen LogP contribution is 2.19. The first-order valence-electron chi connectivity index (χ1n) is 6.81. The van der Waals surface area contributed by atoms with Gasteiger partial charge in [0.2, 0.25) is 0 Å². The van der Waals surface area contributed by atoms with Crippen molar-refractivity contribution in [3.8, 4) is 5.75 Å². The Bertz CT molecular complexity index is 500. The summed E-state index contributed by atoms with van der Waals surface area (Å²) in [6.45, 7) is 3.52. The third kappa shape index (κ3) is 3.50. The molecule has 1 atom stereocenters. The van der Waals surface area contributed by atoms with E-state index in [4.69, 9.17) is 9.84 Å². The zero-order valence-corrected chi connectivity index (χ0v) is 11.5. The number of benzene rings is 1. The summed E-state index contributed by atoms with van der Waals surface area (Å²) in [6, 6.07) is 6.35. The Morgan fingerprint density at radius 1 is 1.40 bits per heavy atom. The molecular formula is C15H19NO4. The first-order chi connectivity index (χ1) is 9.58. The fraction of sp³-hybridized carbons (Fsp3) is 0.467. The lowest BCUT2D eigenvalue weighted by molar-refractivity contribution is -0.135. The van der Waals surface area contributed by atoms with Gasteiger partial charge in [-0.05, 0) is 30.9 Å². The van der Waals surface area contributed by atoms with Crippen LogP contribution in [0, 0.1) is 5.92 Å². The van der Waals surface area contributed by atoms with Gasteiger partial charge in [-0.1, -0.05) is 19.1 Å². The van der Waals surface area contributed by atoms with Gasteiger partial charge in [0.05, 0.1) is 0 Å². The average Bonchev–Trinajstić information content (AvgIpc) is 2.45. The number of likely N-dealkylation sites (tertiary alicyclic amines) is 1. The lowest BCUT2D eigenvalue weighted by atomic mass is 10.0. The number of amides is 1. The zero-order valence-electron chi connectivity index (χ0n) is 11.5. The molecule has 0 spiro atoms. The molecule has 1 saturated heterocycles. The molecule has 0 aliphatic carbocycles. The lowest BCUT2D eigenvalue weighted by Gasteiger charge is -2.30. The second kappa shape index (κ2) is 6.41. The highest BCUT2D eigenvalue weighted by Gasteiger charge is 2.21. The number of carboxylic acids is 1. The van der Waals surface area contributed by atoms with Gasteiger partial charge in [0.25, 0.3) is 5.91 Å². The minimum Gasteiger partial charge on any atom is -0.483 e. The van der Waals surface area contributed by atoms with E-state index in [0.717, 1.165) is 25.9 Å². The minimum atomic E-state index is -1.06. The van der Waals surface area contributed by atoms with Crippen LogP contribution in [0.4, 0.5) is 0 Å². The van der Waals surface area contributed by atoms with Gasteiger partial charge < -0.3 is 14.7 Å². The molecule has 1 fully saturated rings. The number of carbonyl (C=O) groups is 2. The van der Waals surface area contributed by atoms with Crippen LogP contribution < -0.4 is 4.74 Å². The summed E-state index contributed by atoms with van der Waals surface area (Å²) < 4.78 is 5.38. The molecule has 1 aromatic carbocycles. The van der Waals surface area contributed by atoms with E-state index >= 15 is 0 Å². The normalized spacial score (nSPS) is 18.6. The number of rotatable bonds is 4. The number of piperidine rings is 1. The molecule has 0 radical (unpaired) electrons. The molecule has 0 bridgehead atoms.